The van der Waals surface area contributed by atoms with Gasteiger partial charge in [-0.15, -0.1) is 11.3 Å². The molecular formula is C21H21F3N4OS. The van der Waals surface area contributed by atoms with Crippen molar-refractivity contribution in [1.29, 1.82) is 0 Å². The summed E-state index contributed by atoms with van der Waals surface area (Å²) in [4.78, 5) is 14.1. The third-order valence-electron chi connectivity index (χ3n) is 4.61. The Labute approximate surface area is 176 Å². The minimum Gasteiger partial charge on any atom is -0.325 e. The predicted molar refractivity (Wildman–Crippen MR) is 112 cm³/mol. The summed E-state index contributed by atoms with van der Waals surface area (Å²) in [6, 6.07) is 6.91. The number of carbonyl (C=O) groups excluding carboxylic acids is 1. The smallest absolute Gasteiger partial charge is 0.325 e. The lowest BCUT2D eigenvalue weighted by molar-refractivity contribution is -0.137. The van der Waals surface area contributed by atoms with Crippen LogP contribution in [0.3, 0.4) is 0 Å². The van der Waals surface area contributed by atoms with Crippen LogP contribution in [0.4, 0.5) is 13.2 Å². The molecule has 3 rings (SSSR count). The predicted octanol–water partition coefficient (Wildman–Crippen LogP) is 4.51. The first-order valence-corrected chi connectivity index (χ1v) is 9.91. The zero-order chi connectivity index (χ0) is 22.1. The molecule has 158 valence electrons. The molecule has 9 heteroatoms. The second-order valence-electron chi connectivity index (χ2n) is 6.79. The fourth-order valence-corrected chi connectivity index (χ4v) is 4.10. The maximum Gasteiger partial charge on any atom is 0.416 e. The van der Waals surface area contributed by atoms with Gasteiger partial charge in [-0.05, 0) is 43.2 Å². The second-order valence-corrected chi connectivity index (χ2v) is 8.05. The van der Waals surface area contributed by atoms with E-state index in [1.54, 1.807) is 16.9 Å². The van der Waals surface area contributed by atoms with E-state index in [0.717, 1.165) is 27.8 Å². The second kappa shape index (κ2) is 8.45. The van der Waals surface area contributed by atoms with Crippen molar-refractivity contribution < 1.29 is 18.0 Å². The first kappa shape index (κ1) is 21.8. The van der Waals surface area contributed by atoms with Crippen molar-refractivity contribution in [3.05, 3.63) is 68.7 Å². The van der Waals surface area contributed by atoms with Crippen LogP contribution in [0, 0.1) is 13.8 Å². The minimum atomic E-state index is -4.50. The number of nitrogens with zero attached hydrogens (tertiary/aromatic N) is 2. The Bertz CT molecular complexity index is 1090. The molecule has 0 unspecified atom stereocenters. The summed E-state index contributed by atoms with van der Waals surface area (Å²) in [6.45, 7) is 3.73. The number of benzene rings is 1. The van der Waals surface area contributed by atoms with Crippen LogP contribution in [-0.4, -0.2) is 22.2 Å². The van der Waals surface area contributed by atoms with E-state index in [2.05, 4.69) is 10.4 Å². The lowest BCUT2D eigenvalue weighted by Gasteiger charge is -2.12. The van der Waals surface area contributed by atoms with Gasteiger partial charge in [-0.1, -0.05) is 18.2 Å². The largest absolute Gasteiger partial charge is 0.416 e. The Kier molecular flexibility index (Phi) is 6.14. The third-order valence-corrected chi connectivity index (χ3v) is 5.66. The molecular weight excluding hydrogens is 413 g/mol. The monoisotopic (exact) mass is 434 g/mol. The van der Waals surface area contributed by atoms with Gasteiger partial charge >= 0.3 is 6.18 Å². The summed E-state index contributed by atoms with van der Waals surface area (Å²) in [5, 5.41) is 6.87. The highest BCUT2D eigenvalue weighted by Gasteiger charge is 2.32. The molecule has 1 aromatic carbocycles. The van der Waals surface area contributed by atoms with Crippen molar-refractivity contribution in [2.75, 3.05) is 6.54 Å². The number of hydrogen-bond donors (Lipinski definition) is 2. The zero-order valence-corrected chi connectivity index (χ0v) is 17.5. The van der Waals surface area contributed by atoms with Gasteiger partial charge in [0.1, 0.15) is 0 Å². The summed E-state index contributed by atoms with van der Waals surface area (Å²) < 4.78 is 41.4. The van der Waals surface area contributed by atoms with E-state index in [4.69, 9.17) is 5.73 Å². The Morgan fingerprint density at radius 1 is 1.30 bits per heavy atom. The van der Waals surface area contributed by atoms with Crippen molar-refractivity contribution >= 4 is 23.3 Å². The first-order chi connectivity index (χ1) is 14.1. The molecule has 0 aliphatic carbocycles. The van der Waals surface area contributed by atoms with Crippen molar-refractivity contribution in [3.8, 4) is 11.3 Å². The zero-order valence-electron chi connectivity index (χ0n) is 16.7. The molecule has 0 saturated heterocycles. The van der Waals surface area contributed by atoms with Gasteiger partial charge in [-0.2, -0.15) is 18.3 Å². The first-order valence-electron chi connectivity index (χ1n) is 9.09. The van der Waals surface area contributed by atoms with E-state index in [1.807, 2.05) is 20.9 Å². The number of carbonyl (C=O) groups is 1. The Morgan fingerprint density at radius 3 is 2.60 bits per heavy atom. The van der Waals surface area contributed by atoms with Crippen molar-refractivity contribution in [3.63, 3.8) is 0 Å². The molecule has 30 heavy (non-hydrogen) atoms. The molecule has 0 saturated carbocycles. The number of nitrogens with two attached hydrogens (primary N) is 1. The van der Waals surface area contributed by atoms with Crippen LogP contribution in [-0.2, 0) is 13.2 Å². The molecule has 0 aliphatic heterocycles. The number of rotatable bonds is 5. The third kappa shape index (κ3) is 4.47. The van der Waals surface area contributed by atoms with Crippen LogP contribution in [0.15, 0.2) is 42.2 Å². The van der Waals surface area contributed by atoms with E-state index in [9.17, 15) is 18.0 Å². The van der Waals surface area contributed by atoms with Crippen LogP contribution in [0.2, 0.25) is 0 Å². The highest BCUT2D eigenvalue weighted by molar-refractivity contribution is 7.14. The Morgan fingerprint density at radius 2 is 2.00 bits per heavy atom. The summed E-state index contributed by atoms with van der Waals surface area (Å²) >= 11 is 1.30. The Hall–Kier alpha value is -2.91. The minimum absolute atomic E-state index is 0.0562. The van der Waals surface area contributed by atoms with Crippen molar-refractivity contribution in [2.24, 2.45) is 12.8 Å². The maximum atomic E-state index is 13.2. The maximum absolute atomic E-state index is 13.2. The Balaban J connectivity index is 1.89. The number of halogens is 3. The van der Waals surface area contributed by atoms with Crippen LogP contribution in [0.1, 0.15) is 31.2 Å². The number of amides is 1. The standard InChI is InChI=1S/C21H21F3N4OS/c1-12-11-26-28(3)19(12)16-9-18(30-13(16)2)20(29)27-15(10-25)8-14-6-4-5-7-17(14)21(22,23)24/h4-9,11H,10,25H2,1-3H3,(H,27,29)/b15-8+. The van der Waals surface area contributed by atoms with Gasteiger partial charge in [0.15, 0.2) is 0 Å². The molecule has 2 aromatic heterocycles. The van der Waals surface area contributed by atoms with Gasteiger partial charge in [0, 0.05) is 29.7 Å². The van der Waals surface area contributed by atoms with Crippen LogP contribution in [0.5, 0.6) is 0 Å². The fourth-order valence-electron chi connectivity index (χ4n) is 3.19. The molecule has 3 aromatic rings. The highest BCUT2D eigenvalue weighted by Crippen LogP contribution is 2.34. The molecule has 5 nitrogen and oxygen atoms in total. The van der Waals surface area contributed by atoms with E-state index in [1.165, 1.54) is 35.6 Å². The molecule has 0 radical (unpaired) electrons. The van der Waals surface area contributed by atoms with E-state index < -0.39 is 17.6 Å². The molecule has 0 spiro atoms. The topological polar surface area (TPSA) is 72.9 Å². The van der Waals surface area contributed by atoms with E-state index in [0.29, 0.717) is 4.88 Å². The molecule has 0 aliphatic rings. The summed E-state index contributed by atoms with van der Waals surface area (Å²) in [5.41, 5.74) is 7.83. The average Bonchev–Trinajstić information content (AvgIpc) is 3.22. The van der Waals surface area contributed by atoms with Crippen LogP contribution < -0.4 is 11.1 Å². The van der Waals surface area contributed by atoms with Gasteiger partial charge in [0.25, 0.3) is 5.91 Å². The van der Waals surface area contributed by atoms with Crippen molar-refractivity contribution in [1.82, 2.24) is 15.1 Å². The number of aryl methyl sites for hydroxylation is 3. The molecule has 2 heterocycles. The summed E-state index contributed by atoms with van der Waals surface area (Å²) in [7, 11) is 1.83. The normalized spacial score (nSPS) is 12.3. The average molecular weight is 434 g/mol. The lowest BCUT2D eigenvalue weighted by atomic mass is 10.1. The van der Waals surface area contributed by atoms with Gasteiger partial charge in [0.05, 0.1) is 22.3 Å². The summed E-state index contributed by atoms with van der Waals surface area (Å²) in [6.07, 6.45) is -1.50. The van der Waals surface area contributed by atoms with Crippen molar-refractivity contribution in [2.45, 2.75) is 20.0 Å². The van der Waals surface area contributed by atoms with Gasteiger partial charge in [-0.3, -0.25) is 9.48 Å². The van der Waals surface area contributed by atoms with Gasteiger partial charge < -0.3 is 11.1 Å². The van der Waals surface area contributed by atoms with Crippen LogP contribution in [0.25, 0.3) is 17.3 Å². The summed E-state index contributed by atoms with van der Waals surface area (Å²) in [5.74, 6) is -0.421. The number of nitrogens with one attached hydrogen (secondary N) is 1. The molecule has 0 bridgehead atoms. The fraction of sp³-hybridized carbons (Fsp3) is 0.238. The van der Waals surface area contributed by atoms with Crippen LogP contribution >= 0.6 is 11.3 Å². The number of alkyl halides is 3. The number of hydrogen-bond acceptors (Lipinski definition) is 4. The highest BCUT2D eigenvalue weighted by atomic mass is 32.1. The molecule has 3 N–H and O–H groups in total. The van der Waals surface area contributed by atoms with E-state index >= 15 is 0 Å². The lowest BCUT2D eigenvalue weighted by Crippen LogP contribution is -2.26. The molecule has 1 amide bonds. The number of aromatic nitrogens is 2. The van der Waals surface area contributed by atoms with E-state index in [-0.39, 0.29) is 17.8 Å². The quantitative estimate of drug-likeness (QED) is 0.620. The SMILES string of the molecule is Cc1cnn(C)c1-c1cc(C(=O)N/C(=C/c2ccccc2C(F)(F)F)CN)sc1C. The molecule has 0 atom stereocenters. The van der Waals surface area contributed by atoms with Gasteiger partial charge in [-0.25, -0.2) is 0 Å². The number of thiophene rings is 1. The van der Waals surface area contributed by atoms with Gasteiger partial charge in [0.2, 0.25) is 0 Å². The molecule has 0 fully saturated rings.